The van der Waals surface area contributed by atoms with E-state index in [2.05, 4.69) is 20.1 Å². The van der Waals surface area contributed by atoms with E-state index in [0.717, 1.165) is 0 Å². The van der Waals surface area contributed by atoms with Crippen molar-refractivity contribution < 1.29 is 14.1 Å². The molecular formula is C10H10N4O3. The second-order valence-corrected chi connectivity index (χ2v) is 3.93. The Morgan fingerprint density at radius 1 is 1.59 bits per heavy atom. The first-order valence-electron chi connectivity index (χ1n) is 5.18. The van der Waals surface area contributed by atoms with Gasteiger partial charge in [0.2, 0.25) is 11.7 Å². The van der Waals surface area contributed by atoms with Crippen LogP contribution >= 0.6 is 0 Å². The molecule has 0 spiro atoms. The number of nitrogens with one attached hydrogen (secondary N) is 1. The smallest absolute Gasteiger partial charge is 0.321 e. The fraction of sp³-hybridized carbons (Fsp3) is 0.400. The van der Waals surface area contributed by atoms with Crippen molar-refractivity contribution in [3.63, 3.8) is 0 Å². The van der Waals surface area contributed by atoms with E-state index in [4.69, 9.17) is 9.26 Å². The summed E-state index contributed by atoms with van der Waals surface area (Å²) in [6.45, 7) is 0. The Morgan fingerprint density at radius 3 is 3.00 bits per heavy atom. The number of aromatic amines is 1. The highest BCUT2D eigenvalue weighted by Crippen LogP contribution is 2.48. The molecule has 0 aliphatic heterocycles. The van der Waals surface area contributed by atoms with Gasteiger partial charge in [0.25, 0.3) is 0 Å². The van der Waals surface area contributed by atoms with Crippen LogP contribution in [0.4, 0.5) is 0 Å². The molecule has 2 heterocycles. The van der Waals surface area contributed by atoms with Crippen LogP contribution in [0.15, 0.2) is 16.9 Å². The number of esters is 1. The quantitative estimate of drug-likeness (QED) is 0.784. The maximum absolute atomic E-state index is 11.6. The fourth-order valence-corrected chi connectivity index (χ4v) is 1.73. The minimum Gasteiger partial charge on any atom is -0.468 e. The minimum atomic E-state index is -0.730. The van der Waals surface area contributed by atoms with Crippen molar-refractivity contribution in [2.45, 2.75) is 18.3 Å². The lowest BCUT2D eigenvalue weighted by molar-refractivity contribution is -0.144. The zero-order valence-electron chi connectivity index (χ0n) is 9.14. The summed E-state index contributed by atoms with van der Waals surface area (Å²) in [5.74, 6) is 0.837. The Labute approximate surface area is 96.2 Å². The number of hydrogen-bond donors (Lipinski definition) is 1. The molecule has 0 atom stereocenters. The van der Waals surface area contributed by atoms with Crippen LogP contribution in [0.2, 0.25) is 0 Å². The lowest BCUT2D eigenvalue weighted by Crippen LogP contribution is -2.22. The normalized spacial score (nSPS) is 16.8. The molecule has 7 nitrogen and oxygen atoms in total. The monoisotopic (exact) mass is 234 g/mol. The van der Waals surface area contributed by atoms with E-state index < -0.39 is 5.41 Å². The van der Waals surface area contributed by atoms with Crippen molar-refractivity contribution in [1.29, 1.82) is 0 Å². The average Bonchev–Trinajstić information content (AvgIpc) is 2.84. The standard InChI is InChI=1S/C10H10N4O3/c1-16-9(15)10(2-3-10)8-13-7(14-17-8)6-11-4-5-12-6/h4-5H,2-3H2,1H3,(H,11,12). The number of carbonyl (C=O) groups excluding carboxylic acids is 1. The van der Waals surface area contributed by atoms with Gasteiger partial charge in [-0.3, -0.25) is 4.79 Å². The maximum Gasteiger partial charge on any atom is 0.321 e. The molecule has 1 saturated carbocycles. The Morgan fingerprint density at radius 2 is 2.41 bits per heavy atom. The van der Waals surface area contributed by atoms with Gasteiger partial charge in [-0.15, -0.1) is 0 Å². The maximum atomic E-state index is 11.6. The van der Waals surface area contributed by atoms with Gasteiger partial charge in [0.15, 0.2) is 5.82 Å². The first kappa shape index (κ1) is 10.0. The van der Waals surface area contributed by atoms with Crippen molar-refractivity contribution in [3.8, 4) is 11.6 Å². The van der Waals surface area contributed by atoms with Gasteiger partial charge in [-0.05, 0) is 12.8 Å². The zero-order valence-corrected chi connectivity index (χ0v) is 9.14. The summed E-state index contributed by atoms with van der Waals surface area (Å²) < 4.78 is 9.86. The summed E-state index contributed by atoms with van der Waals surface area (Å²) in [4.78, 5) is 22.7. The van der Waals surface area contributed by atoms with E-state index in [1.165, 1.54) is 7.11 Å². The SMILES string of the molecule is COC(=O)C1(c2nc(-c3ncc[nH]3)no2)CC1. The molecule has 0 unspecified atom stereocenters. The first-order valence-corrected chi connectivity index (χ1v) is 5.18. The van der Waals surface area contributed by atoms with Crippen LogP contribution in [0, 0.1) is 0 Å². The molecule has 0 saturated heterocycles. The molecule has 1 fully saturated rings. The molecule has 88 valence electrons. The lowest BCUT2D eigenvalue weighted by atomic mass is 10.1. The first-order chi connectivity index (χ1) is 8.26. The third kappa shape index (κ3) is 1.42. The van der Waals surface area contributed by atoms with Gasteiger partial charge in [0, 0.05) is 12.4 Å². The van der Waals surface area contributed by atoms with Crippen LogP contribution in [-0.2, 0) is 14.9 Å². The van der Waals surface area contributed by atoms with Crippen molar-refractivity contribution in [2.24, 2.45) is 0 Å². The number of ether oxygens (including phenoxy) is 1. The summed E-state index contributed by atoms with van der Waals surface area (Å²) in [5.41, 5.74) is -0.730. The Hall–Kier alpha value is -2.18. The fourth-order valence-electron chi connectivity index (χ4n) is 1.73. The number of aromatic nitrogens is 4. The van der Waals surface area contributed by atoms with Crippen LogP contribution in [0.25, 0.3) is 11.6 Å². The van der Waals surface area contributed by atoms with Crippen molar-refractivity contribution in [2.75, 3.05) is 7.11 Å². The van der Waals surface area contributed by atoms with E-state index in [1.54, 1.807) is 12.4 Å². The summed E-state index contributed by atoms with van der Waals surface area (Å²) in [6.07, 6.45) is 4.62. The van der Waals surface area contributed by atoms with E-state index in [-0.39, 0.29) is 5.97 Å². The highest BCUT2D eigenvalue weighted by molar-refractivity contribution is 5.85. The predicted octanol–water partition coefficient (Wildman–Crippen LogP) is 0.664. The molecule has 1 N–H and O–H groups in total. The Bertz CT molecular complexity index is 542. The van der Waals surface area contributed by atoms with Crippen LogP contribution in [0.5, 0.6) is 0 Å². The highest BCUT2D eigenvalue weighted by Gasteiger charge is 2.57. The van der Waals surface area contributed by atoms with Crippen molar-refractivity contribution in [3.05, 3.63) is 18.3 Å². The second-order valence-electron chi connectivity index (χ2n) is 3.93. The van der Waals surface area contributed by atoms with Gasteiger partial charge in [0.1, 0.15) is 5.41 Å². The number of imidazole rings is 1. The summed E-state index contributed by atoms with van der Waals surface area (Å²) in [6, 6.07) is 0. The highest BCUT2D eigenvalue weighted by atomic mass is 16.5. The molecule has 0 aromatic carbocycles. The molecule has 0 amide bonds. The molecule has 2 aromatic rings. The van der Waals surface area contributed by atoms with E-state index in [1.807, 2.05) is 0 Å². The lowest BCUT2D eigenvalue weighted by Gasteiger charge is -2.05. The molecule has 0 bridgehead atoms. The molecule has 0 radical (unpaired) electrons. The van der Waals surface area contributed by atoms with Crippen LogP contribution in [0.3, 0.4) is 0 Å². The van der Waals surface area contributed by atoms with E-state index >= 15 is 0 Å². The molecule has 3 rings (SSSR count). The molecule has 1 aliphatic carbocycles. The third-order valence-corrected chi connectivity index (χ3v) is 2.87. The van der Waals surface area contributed by atoms with Gasteiger partial charge >= 0.3 is 5.97 Å². The van der Waals surface area contributed by atoms with E-state index in [0.29, 0.717) is 30.4 Å². The van der Waals surface area contributed by atoms with Crippen LogP contribution in [0.1, 0.15) is 18.7 Å². The average molecular weight is 234 g/mol. The number of nitrogens with zero attached hydrogens (tertiary/aromatic N) is 3. The largest absolute Gasteiger partial charge is 0.468 e. The number of rotatable bonds is 3. The zero-order chi connectivity index (χ0) is 11.9. The van der Waals surface area contributed by atoms with Crippen molar-refractivity contribution >= 4 is 5.97 Å². The molecule has 17 heavy (non-hydrogen) atoms. The molecule has 7 heteroatoms. The number of hydrogen-bond acceptors (Lipinski definition) is 6. The van der Waals surface area contributed by atoms with Gasteiger partial charge < -0.3 is 14.2 Å². The van der Waals surface area contributed by atoms with Gasteiger partial charge in [-0.2, -0.15) is 4.98 Å². The van der Waals surface area contributed by atoms with Crippen molar-refractivity contribution in [1.82, 2.24) is 20.1 Å². The van der Waals surface area contributed by atoms with Crippen LogP contribution < -0.4 is 0 Å². The molecule has 2 aromatic heterocycles. The molecule has 1 aliphatic rings. The van der Waals surface area contributed by atoms with Gasteiger partial charge in [-0.1, -0.05) is 5.16 Å². The van der Waals surface area contributed by atoms with Gasteiger partial charge in [0.05, 0.1) is 7.11 Å². The number of H-pyrrole nitrogens is 1. The Balaban J connectivity index is 1.94. The second kappa shape index (κ2) is 3.41. The summed E-state index contributed by atoms with van der Waals surface area (Å²) in [7, 11) is 1.35. The third-order valence-electron chi connectivity index (χ3n) is 2.87. The number of carbonyl (C=O) groups is 1. The topological polar surface area (TPSA) is 93.9 Å². The van der Waals surface area contributed by atoms with Gasteiger partial charge in [-0.25, -0.2) is 4.98 Å². The minimum absolute atomic E-state index is 0.302. The van der Waals surface area contributed by atoms with Crippen LogP contribution in [-0.4, -0.2) is 33.2 Å². The number of methoxy groups -OCH3 is 1. The molecular weight excluding hydrogens is 224 g/mol. The predicted molar refractivity (Wildman–Crippen MR) is 54.8 cm³/mol. The Kier molecular flexibility index (Phi) is 2.01. The van der Waals surface area contributed by atoms with E-state index in [9.17, 15) is 4.79 Å². The summed E-state index contributed by atoms with van der Waals surface area (Å²) in [5, 5.41) is 3.79. The summed E-state index contributed by atoms with van der Waals surface area (Å²) >= 11 is 0.